The van der Waals surface area contributed by atoms with Crippen molar-refractivity contribution in [3.63, 3.8) is 0 Å². The molecule has 38 heavy (non-hydrogen) atoms. The van der Waals surface area contributed by atoms with Gasteiger partial charge in [-0.2, -0.15) is 10.4 Å². The van der Waals surface area contributed by atoms with Crippen molar-refractivity contribution in [3.8, 4) is 17.6 Å². The normalized spacial score (nSPS) is 12.3. The summed E-state index contributed by atoms with van der Waals surface area (Å²) in [5.74, 6) is -1.96. The average Bonchev–Trinajstić information content (AvgIpc) is 3.27. The van der Waals surface area contributed by atoms with E-state index in [4.69, 9.17) is 21.1 Å². The van der Waals surface area contributed by atoms with Crippen molar-refractivity contribution in [1.29, 1.82) is 5.26 Å². The second-order valence-electron chi connectivity index (χ2n) is 8.22. The van der Waals surface area contributed by atoms with Crippen LogP contribution < -0.4 is 20.2 Å². The van der Waals surface area contributed by atoms with E-state index in [-0.39, 0.29) is 5.75 Å². The number of aryl methyl sites for hydroxylation is 1. The Morgan fingerprint density at radius 3 is 2.61 bits per heavy atom. The SMILES string of the molecule is CCOc1cc(/C=N\NC(=O)C(=O)Nc2sc3c(c2C#N)CCCC3)ccc1OC(=O)c1ccc(Cl)cc1. The summed E-state index contributed by atoms with van der Waals surface area (Å²) < 4.78 is 11.0. The lowest BCUT2D eigenvalue weighted by Gasteiger charge is -2.11. The highest BCUT2D eigenvalue weighted by molar-refractivity contribution is 7.16. The van der Waals surface area contributed by atoms with E-state index in [0.717, 1.165) is 36.1 Å². The summed E-state index contributed by atoms with van der Waals surface area (Å²) in [6.07, 6.45) is 5.02. The minimum absolute atomic E-state index is 0.208. The van der Waals surface area contributed by atoms with Crippen molar-refractivity contribution >= 4 is 51.9 Å². The number of thiophene rings is 1. The minimum atomic E-state index is -0.977. The number of nitrogens with one attached hydrogen (secondary N) is 2. The maximum absolute atomic E-state index is 12.5. The summed E-state index contributed by atoms with van der Waals surface area (Å²) in [6.45, 7) is 2.10. The van der Waals surface area contributed by atoms with Gasteiger partial charge in [0.2, 0.25) is 0 Å². The molecule has 0 spiro atoms. The predicted octanol–water partition coefficient (Wildman–Crippen LogP) is 4.86. The molecule has 11 heteroatoms. The zero-order valence-corrected chi connectivity index (χ0v) is 21.9. The van der Waals surface area contributed by atoms with Crippen LogP contribution in [0.25, 0.3) is 0 Å². The van der Waals surface area contributed by atoms with Crippen molar-refractivity contribution in [2.24, 2.45) is 5.10 Å². The van der Waals surface area contributed by atoms with Crippen LogP contribution in [0.15, 0.2) is 47.6 Å². The molecule has 0 aliphatic heterocycles. The van der Waals surface area contributed by atoms with Crippen LogP contribution in [0.3, 0.4) is 0 Å². The number of esters is 1. The molecule has 1 heterocycles. The fraction of sp³-hybridized carbons (Fsp3) is 0.222. The van der Waals surface area contributed by atoms with Gasteiger partial charge in [0, 0.05) is 9.90 Å². The summed E-state index contributed by atoms with van der Waals surface area (Å²) in [5, 5.41) is 16.8. The molecule has 0 atom stereocenters. The number of carbonyl (C=O) groups is 3. The minimum Gasteiger partial charge on any atom is -0.490 e. The number of fused-ring (bicyclic) bond motifs is 1. The highest BCUT2D eigenvalue weighted by Crippen LogP contribution is 2.37. The van der Waals surface area contributed by atoms with E-state index >= 15 is 0 Å². The number of rotatable bonds is 7. The second-order valence-corrected chi connectivity index (χ2v) is 9.76. The van der Waals surface area contributed by atoms with Crippen LogP contribution in [0, 0.1) is 11.3 Å². The van der Waals surface area contributed by atoms with E-state index in [2.05, 4.69) is 21.9 Å². The van der Waals surface area contributed by atoms with E-state index in [1.165, 1.54) is 23.6 Å². The van der Waals surface area contributed by atoms with Crippen LogP contribution in [-0.4, -0.2) is 30.6 Å². The Bertz CT molecular complexity index is 1440. The summed E-state index contributed by atoms with van der Waals surface area (Å²) >= 11 is 7.20. The lowest BCUT2D eigenvalue weighted by atomic mass is 9.96. The monoisotopic (exact) mass is 550 g/mol. The molecule has 0 unspecified atom stereocenters. The second kappa shape index (κ2) is 12.4. The smallest absolute Gasteiger partial charge is 0.343 e. The quantitative estimate of drug-likeness (QED) is 0.142. The molecule has 0 bridgehead atoms. The van der Waals surface area contributed by atoms with Crippen molar-refractivity contribution < 1.29 is 23.9 Å². The number of nitriles is 1. The number of ether oxygens (including phenoxy) is 2. The Labute approximate surface area is 228 Å². The molecule has 1 aliphatic carbocycles. The maximum atomic E-state index is 12.5. The van der Waals surface area contributed by atoms with Gasteiger partial charge in [-0.25, -0.2) is 10.2 Å². The van der Waals surface area contributed by atoms with Gasteiger partial charge in [-0.15, -0.1) is 11.3 Å². The van der Waals surface area contributed by atoms with Gasteiger partial charge >= 0.3 is 17.8 Å². The number of hydrogen-bond acceptors (Lipinski definition) is 8. The number of halogens is 1. The average molecular weight is 551 g/mol. The number of nitrogens with zero attached hydrogens (tertiary/aromatic N) is 2. The summed E-state index contributed by atoms with van der Waals surface area (Å²) in [5.41, 5.74) is 4.42. The number of hydrogen-bond donors (Lipinski definition) is 2. The summed E-state index contributed by atoms with van der Waals surface area (Å²) in [4.78, 5) is 38.2. The summed E-state index contributed by atoms with van der Waals surface area (Å²) in [6, 6.07) is 13.2. The van der Waals surface area contributed by atoms with Gasteiger partial charge < -0.3 is 14.8 Å². The zero-order valence-electron chi connectivity index (χ0n) is 20.4. The molecule has 2 amide bonds. The van der Waals surface area contributed by atoms with Gasteiger partial charge in [0.15, 0.2) is 11.5 Å². The van der Waals surface area contributed by atoms with Gasteiger partial charge in [0.25, 0.3) is 0 Å². The van der Waals surface area contributed by atoms with E-state index in [0.29, 0.717) is 39.1 Å². The highest BCUT2D eigenvalue weighted by atomic mass is 35.5. The van der Waals surface area contributed by atoms with E-state index in [1.807, 2.05) is 0 Å². The lowest BCUT2D eigenvalue weighted by Crippen LogP contribution is -2.32. The topological polar surface area (TPSA) is 130 Å². The zero-order chi connectivity index (χ0) is 27.1. The number of benzene rings is 2. The van der Waals surface area contributed by atoms with Crippen LogP contribution in [0.2, 0.25) is 5.02 Å². The number of anilines is 1. The molecule has 194 valence electrons. The Morgan fingerprint density at radius 2 is 1.87 bits per heavy atom. The van der Waals surface area contributed by atoms with Crippen LogP contribution in [0.1, 0.15) is 51.7 Å². The Kier molecular flexibility index (Phi) is 8.73. The molecule has 2 aromatic carbocycles. The van der Waals surface area contributed by atoms with Crippen LogP contribution in [0.5, 0.6) is 11.5 Å². The molecule has 3 aromatic rings. The fourth-order valence-corrected chi connectivity index (χ4v) is 5.21. The molecular weight excluding hydrogens is 528 g/mol. The first-order valence-electron chi connectivity index (χ1n) is 11.8. The molecular formula is C27H23ClN4O5S. The van der Waals surface area contributed by atoms with E-state index < -0.39 is 17.8 Å². The molecule has 2 N–H and O–H groups in total. The summed E-state index contributed by atoms with van der Waals surface area (Å²) in [7, 11) is 0. The van der Waals surface area contributed by atoms with Gasteiger partial charge in [-0.05, 0) is 86.2 Å². The fourth-order valence-electron chi connectivity index (χ4n) is 3.85. The van der Waals surface area contributed by atoms with Gasteiger partial charge in [-0.3, -0.25) is 9.59 Å². The van der Waals surface area contributed by atoms with Gasteiger partial charge in [0.05, 0.1) is 23.9 Å². The Hall–Kier alpha value is -4.20. The Balaban J connectivity index is 1.39. The van der Waals surface area contributed by atoms with Gasteiger partial charge in [-0.1, -0.05) is 11.6 Å². The molecule has 1 aliphatic rings. The number of carbonyl (C=O) groups excluding carboxylic acids is 3. The highest BCUT2D eigenvalue weighted by Gasteiger charge is 2.23. The number of amides is 2. The molecule has 4 rings (SSSR count). The van der Waals surface area contributed by atoms with Crippen molar-refractivity contribution in [3.05, 3.63) is 74.6 Å². The largest absolute Gasteiger partial charge is 0.490 e. The molecule has 0 fully saturated rings. The molecule has 0 saturated carbocycles. The molecule has 9 nitrogen and oxygen atoms in total. The van der Waals surface area contributed by atoms with Crippen LogP contribution >= 0.6 is 22.9 Å². The number of hydrazone groups is 1. The molecule has 1 aromatic heterocycles. The first-order chi connectivity index (χ1) is 18.4. The third-order valence-corrected chi connectivity index (χ3v) is 7.11. The first kappa shape index (κ1) is 26.9. The standard InChI is InChI=1S/C27H23ClN4O5S/c1-2-36-22-13-16(7-12-21(22)37-27(35)17-8-10-18(28)11-9-17)15-30-32-25(34)24(33)31-26-20(14-29)19-5-3-4-6-23(19)38-26/h7-13,15H,2-6H2,1H3,(H,31,33)(H,32,34)/b30-15-. The van der Waals surface area contributed by atoms with E-state index in [1.54, 1.807) is 43.3 Å². The van der Waals surface area contributed by atoms with Crippen molar-refractivity contribution in [1.82, 2.24) is 5.43 Å². The third-order valence-electron chi connectivity index (χ3n) is 5.65. The third kappa shape index (κ3) is 6.37. The predicted molar refractivity (Wildman–Crippen MR) is 144 cm³/mol. The van der Waals surface area contributed by atoms with Crippen LogP contribution in [0.4, 0.5) is 5.00 Å². The Morgan fingerprint density at radius 1 is 1.11 bits per heavy atom. The maximum Gasteiger partial charge on any atom is 0.343 e. The molecule has 0 saturated heterocycles. The lowest BCUT2D eigenvalue weighted by molar-refractivity contribution is -0.136. The van der Waals surface area contributed by atoms with Crippen molar-refractivity contribution in [2.45, 2.75) is 32.6 Å². The van der Waals surface area contributed by atoms with Crippen LogP contribution in [-0.2, 0) is 22.4 Å². The van der Waals surface area contributed by atoms with E-state index in [9.17, 15) is 19.6 Å². The van der Waals surface area contributed by atoms with Crippen molar-refractivity contribution in [2.75, 3.05) is 11.9 Å². The first-order valence-corrected chi connectivity index (χ1v) is 13.0. The van der Waals surface area contributed by atoms with Gasteiger partial charge in [0.1, 0.15) is 11.1 Å². The molecule has 0 radical (unpaired) electrons.